The summed E-state index contributed by atoms with van der Waals surface area (Å²) in [5.74, 6) is 0.408. The predicted molar refractivity (Wildman–Crippen MR) is 73.0 cm³/mol. The fourth-order valence-electron chi connectivity index (χ4n) is 1.76. The van der Waals surface area contributed by atoms with Gasteiger partial charge in [0.2, 0.25) is 5.91 Å². The van der Waals surface area contributed by atoms with Crippen molar-refractivity contribution in [2.45, 2.75) is 43.3 Å². The number of aliphatic hydroxyl groups excluding tert-OH is 1. The minimum atomic E-state index is 0.0272. The molecule has 2 rings (SSSR count). The molecule has 7 heteroatoms. The topological polar surface area (TPSA) is 80.0 Å². The van der Waals surface area contributed by atoms with E-state index in [-0.39, 0.29) is 12.5 Å². The van der Waals surface area contributed by atoms with Gasteiger partial charge >= 0.3 is 0 Å². The zero-order valence-corrected chi connectivity index (χ0v) is 11.7. The zero-order valence-electron chi connectivity index (χ0n) is 10.9. The Morgan fingerprint density at radius 3 is 3.05 bits per heavy atom. The van der Waals surface area contributed by atoms with E-state index in [0.29, 0.717) is 18.3 Å². The van der Waals surface area contributed by atoms with E-state index in [0.717, 1.165) is 24.4 Å². The summed E-state index contributed by atoms with van der Waals surface area (Å²) in [6.45, 7) is 0.898. The summed E-state index contributed by atoms with van der Waals surface area (Å²) >= 11 is 1.44. The van der Waals surface area contributed by atoms with Gasteiger partial charge in [-0.3, -0.25) is 4.79 Å². The molecular weight excluding hydrogens is 264 g/mol. The lowest BCUT2D eigenvalue weighted by Crippen LogP contribution is -2.26. The monoisotopic (exact) mass is 284 g/mol. The molecule has 106 valence electrons. The van der Waals surface area contributed by atoms with Crippen molar-refractivity contribution in [1.29, 1.82) is 0 Å². The van der Waals surface area contributed by atoms with Crippen molar-refractivity contribution in [3.63, 3.8) is 0 Å². The van der Waals surface area contributed by atoms with Crippen LogP contribution in [-0.2, 0) is 4.79 Å². The number of rotatable bonds is 9. The number of thioether (sulfide) groups is 1. The minimum absolute atomic E-state index is 0.0272. The second-order valence-corrected chi connectivity index (χ2v) is 5.62. The van der Waals surface area contributed by atoms with Crippen molar-refractivity contribution >= 4 is 17.7 Å². The molecule has 0 bridgehead atoms. The summed E-state index contributed by atoms with van der Waals surface area (Å²) < 4.78 is 2.05. The van der Waals surface area contributed by atoms with Gasteiger partial charge in [-0.1, -0.05) is 11.8 Å². The van der Waals surface area contributed by atoms with Crippen molar-refractivity contribution in [2.75, 3.05) is 18.9 Å². The molecule has 1 aromatic heterocycles. The molecule has 0 radical (unpaired) electrons. The lowest BCUT2D eigenvalue weighted by molar-refractivity contribution is -0.118. The van der Waals surface area contributed by atoms with Gasteiger partial charge in [-0.15, -0.1) is 10.2 Å². The van der Waals surface area contributed by atoms with Crippen LogP contribution in [0.5, 0.6) is 0 Å². The Bertz CT molecular complexity index is 406. The Morgan fingerprint density at radius 1 is 1.47 bits per heavy atom. The molecule has 6 nitrogen and oxygen atoms in total. The Labute approximate surface area is 117 Å². The molecule has 19 heavy (non-hydrogen) atoms. The smallest absolute Gasteiger partial charge is 0.230 e. The molecular formula is C12H20N4O2S. The Balaban J connectivity index is 1.61. The first-order chi connectivity index (χ1) is 9.31. The highest BCUT2D eigenvalue weighted by Gasteiger charge is 2.26. The van der Waals surface area contributed by atoms with Crippen LogP contribution in [0, 0.1) is 0 Å². The first kappa shape index (κ1) is 14.3. The maximum atomic E-state index is 11.6. The fraction of sp³-hybridized carbons (Fsp3) is 0.750. The van der Waals surface area contributed by atoms with Crippen LogP contribution in [0.15, 0.2) is 11.5 Å². The summed E-state index contributed by atoms with van der Waals surface area (Å²) in [6.07, 6.45) is 6.77. The summed E-state index contributed by atoms with van der Waals surface area (Å²) in [5, 5.41) is 20.3. The van der Waals surface area contributed by atoms with Crippen molar-refractivity contribution < 1.29 is 9.90 Å². The van der Waals surface area contributed by atoms with Crippen molar-refractivity contribution in [2.24, 2.45) is 0 Å². The van der Waals surface area contributed by atoms with Crippen molar-refractivity contribution in [3.8, 4) is 0 Å². The van der Waals surface area contributed by atoms with Crippen LogP contribution in [0.3, 0.4) is 0 Å². The lowest BCUT2D eigenvalue weighted by Gasteiger charge is -2.05. The Morgan fingerprint density at radius 2 is 2.32 bits per heavy atom. The second kappa shape index (κ2) is 7.49. The molecule has 1 aliphatic rings. The van der Waals surface area contributed by atoms with Gasteiger partial charge in [-0.05, 0) is 32.1 Å². The number of hydrogen-bond donors (Lipinski definition) is 2. The maximum Gasteiger partial charge on any atom is 0.230 e. The molecule has 0 saturated heterocycles. The summed E-state index contributed by atoms with van der Waals surface area (Å²) in [6, 6.07) is 0.541. The van der Waals surface area contributed by atoms with Gasteiger partial charge in [0, 0.05) is 19.2 Å². The number of carbonyl (C=O) groups is 1. The highest BCUT2D eigenvalue weighted by Crippen LogP contribution is 2.37. The highest BCUT2D eigenvalue weighted by atomic mass is 32.2. The number of carbonyl (C=O) groups excluding carboxylic acids is 1. The van der Waals surface area contributed by atoms with Gasteiger partial charge in [0.15, 0.2) is 5.16 Å². The predicted octanol–water partition coefficient (Wildman–Crippen LogP) is 0.984. The Kier molecular flexibility index (Phi) is 5.65. The number of amides is 1. The third-order valence-corrected chi connectivity index (χ3v) is 3.93. The first-order valence-corrected chi connectivity index (χ1v) is 7.69. The van der Waals surface area contributed by atoms with Gasteiger partial charge in [0.05, 0.1) is 5.75 Å². The first-order valence-electron chi connectivity index (χ1n) is 6.71. The average Bonchev–Trinajstić information content (AvgIpc) is 3.15. The lowest BCUT2D eigenvalue weighted by atomic mass is 10.2. The molecule has 0 aliphatic heterocycles. The molecule has 1 saturated carbocycles. The van der Waals surface area contributed by atoms with Gasteiger partial charge < -0.3 is 15.0 Å². The van der Waals surface area contributed by atoms with E-state index in [4.69, 9.17) is 5.11 Å². The van der Waals surface area contributed by atoms with Crippen molar-refractivity contribution in [3.05, 3.63) is 6.33 Å². The standard InChI is InChI=1S/C12H20N4O2S/c17-7-3-1-2-6-13-11(18)8-19-12-15-14-9-16(12)10-4-5-10/h9-10,17H,1-8H2,(H,13,18). The number of aliphatic hydroxyl groups is 1. The number of nitrogens with zero attached hydrogens (tertiary/aromatic N) is 3. The van der Waals surface area contributed by atoms with Crippen LogP contribution in [0.1, 0.15) is 38.1 Å². The molecule has 2 N–H and O–H groups in total. The van der Waals surface area contributed by atoms with Gasteiger partial charge in [-0.2, -0.15) is 0 Å². The molecule has 1 aliphatic carbocycles. The van der Waals surface area contributed by atoms with Gasteiger partial charge in [0.1, 0.15) is 6.33 Å². The number of hydrogen-bond acceptors (Lipinski definition) is 5. The van der Waals surface area contributed by atoms with Crippen LogP contribution in [-0.4, -0.2) is 44.7 Å². The minimum Gasteiger partial charge on any atom is -0.396 e. The quantitative estimate of drug-likeness (QED) is 0.522. The van der Waals surface area contributed by atoms with E-state index in [1.54, 1.807) is 6.33 Å². The summed E-state index contributed by atoms with van der Waals surface area (Å²) in [4.78, 5) is 11.6. The SMILES string of the molecule is O=C(CSc1nncn1C1CC1)NCCCCCO. The van der Waals surface area contributed by atoms with Gasteiger partial charge in [0.25, 0.3) is 0 Å². The third kappa shape index (κ3) is 4.83. The molecule has 0 aromatic carbocycles. The summed E-state index contributed by atoms with van der Waals surface area (Å²) in [5.41, 5.74) is 0. The largest absolute Gasteiger partial charge is 0.396 e. The zero-order chi connectivity index (χ0) is 13.5. The maximum absolute atomic E-state index is 11.6. The van der Waals surface area contributed by atoms with Crippen LogP contribution in [0.4, 0.5) is 0 Å². The van der Waals surface area contributed by atoms with E-state index in [1.165, 1.54) is 24.6 Å². The molecule has 0 atom stereocenters. The third-order valence-electron chi connectivity index (χ3n) is 2.97. The molecule has 1 fully saturated rings. The van der Waals surface area contributed by atoms with Crippen LogP contribution in [0.25, 0.3) is 0 Å². The van der Waals surface area contributed by atoms with Crippen LogP contribution >= 0.6 is 11.8 Å². The van der Waals surface area contributed by atoms with Crippen LogP contribution in [0.2, 0.25) is 0 Å². The van der Waals surface area contributed by atoms with Crippen LogP contribution < -0.4 is 5.32 Å². The molecule has 1 aromatic rings. The summed E-state index contributed by atoms with van der Waals surface area (Å²) in [7, 11) is 0. The normalized spacial score (nSPS) is 14.6. The van der Waals surface area contributed by atoms with E-state index in [1.807, 2.05) is 0 Å². The Hall–Kier alpha value is -1.08. The van der Waals surface area contributed by atoms with Gasteiger partial charge in [-0.25, -0.2) is 0 Å². The second-order valence-electron chi connectivity index (χ2n) is 4.67. The van der Waals surface area contributed by atoms with E-state index < -0.39 is 0 Å². The molecule has 0 spiro atoms. The van der Waals surface area contributed by atoms with Crippen molar-refractivity contribution in [1.82, 2.24) is 20.1 Å². The van der Waals surface area contributed by atoms with E-state index in [2.05, 4.69) is 20.1 Å². The fourth-order valence-corrected chi connectivity index (χ4v) is 2.57. The molecule has 1 heterocycles. The number of aromatic nitrogens is 3. The molecule has 1 amide bonds. The average molecular weight is 284 g/mol. The highest BCUT2D eigenvalue weighted by molar-refractivity contribution is 7.99. The molecule has 0 unspecified atom stereocenters. The van der Waals surface area contributed by atoms with E-state index >= 15 is 0 Å². The van der Waals surface area contributed by atoms with E-state index in [9.17, 15) is 4.79 Å². The number of unbranched alkanes of at least 4 members (excludes halogenated alkanes) is 2. The number of nitrogens with one attached hydrogen (secondary N) is 1.